The molecule has 2 amide bonds. The van der Waals surface area contributed by atoms with Gasteiger partial charge in [-0.15, -0.1) is 0 Å². The molecule has 128 valence electrons. The van der Waals surface area contributed by atoms with Crippen molar-refractivity contribution in [1.82, 2.24) is 20.4 Å². The van der Waals surface area contributed by atoms with E-state index in [4.69, 9.17) is 4.74 Å². The Kier molecular flexibility index (Phi) is 5.48. The van der Waals surface area contributed by atoms with E-state index in [1.54, 1.807) is 4.68 Å². The lowest BCUT2D eigenvalue weighted by atomic mass is 10.1. The Morgan fingerprint density at radius 3 is 2.92 bits per heavy atom. The van der Waals surface area contributed by atoms with E-state index in [9.17, 15) is 4.79 Å². The number of nitrogens with one attached hydrogen (secondary N) is 2. The van der Waals surface area contributed by atoms with Crippen molar-refractivity contribution in [2.45, 2.75) is 44.9 Å². The Balaban J connectivity index is 1.50. The second-order valence-corrected chi connectivity index (χ2v) is 5.98. The van der Waals surface area contributed by atoms with Crippen LogP contribution in [0.4, 0.5) is 4.79 Å². The maximum atomic E-state index is 12.1. The van der Waals surface area contributed by atoms with Gasteiger partial charge in [-0.3, -0.25) is 0 Å². The van der Waals surface area contributed by atoms with Crippen LogP contribution in [-0.2, 0) is 11.3 Å². The monoisotopic (exact) mass is 328 g/mol. The number of para-hydroxylation sites is 1. The Bertz CT molecular complexity index is 650. The molecule has 1 aliphatic rings. The minimum atomic E-state index is -0.174. The molecule has 3 rings (SSSR count). The molecule has 6 nitrogen and oxygen atoms in total. The lowest BCUT2D eigenvalue weighted by Gasteiger charge is -2.22. The summed E-state index contributed by atoms with van der Waals surface area (Å²) >= 11 is 0. The quantitative estimate of drug-likeness (QED) is 0.856. The number of rotatable bonds is 6. The van der Waals surface area contributed by atoms with E-state index in [-0.39, 0.29) is 18.2 Å². The number of carbonyl (C=O) groups excluding carboxylic acids is 1. The van der Waals surface area contributed by atoms with Gasteiger partial charge in [0.1, 0.15) is 0 Å². The zero-order chi connectivity index (χ0) is 16.8. The topological polar surface area (TPSA) is 68.2 Å². The van der Waals surface area contributed by atoms with E-state index >= 15 is 0 Å². The fraction of sp³-hybridized carbons (Fsp3) is 0.444. The molecule has 24 heavy (non-hydrogen) atoms. The van der Waals surface area contributed by atoms with Gasteiger partial charge in [0, 0.05) is 12.8 Å². The molecule has 0 aliphatic carbocycles. The van der Waals surface area contributed by atoms with E-state index in [2.05, 4.69) is 22.7 Å². The molecule has 1 aromatic heterocycles. The van der Waals surface area contributed by atoms with Crippen LogP contribution in [0.25, 0.3) is 5.69 Å². The second-order valence-electron chi connectivity index (χ2n) is 5.98. The molecule has 1 aromatic carbocycles. The van der Waals surface area contributed by atoms with Crippen molar-refractivity contribution in [3.63, 3.8) is 0 Å². The Morgan fingerprint density at radius 1 is 1.38 bits per heavy atom. The van der Waals surface area contributed by atoms with Crippen molar-refractivity contribution < 1.29 is 9.53 Å². The summed E-state index contributed by atoms with van der Waals surface area (Å²) in [6, 6.07) is 11.7. The first-order valence-electron chi connectivity index (χ1n) is 8.52. The van der Waals surface area contributed by atoms with Crippen LogP contribution in [0.2, 0.25) is 0 Å². The highest BCUT2D eigenvalue weighted by Crippen LogP contribution is 2.17. The van der Waals surface area contributed by atoms with Gasteiger partial charge in [0.2, 0.25) is 0 Å². The third-order valence-electron chi connectivity index (χ3n) is 4.27. The predicted molar refractivity (Wildman–Crippen MR) is 92.0 cm³/mol. The van der Waals surface area contributed by atoms with Gasteiger partial charge < -0.3 is 15.4 Å². The van der Waals surface area contributed by atoms with E-state index in [1.807, 2.05) is 42.6 Å². The van der Waals surface area contributed by atoms with Gasteiger partial charge in [-0.05, 0) is 37.5 Å². The molecule has 0 spiro atoms. The van der Waals surface area contributed by atoms with Crippen LogP contribution >= 0.6 is 0 Å². The van der Waals surface area contributed by atoms with Gasteiger partial charge in [-0.1, -0.05) is 25.1 Å². The Morgan fingerprint density at radius 2 is 2.21 bits per heavy atom. The maximum absolute atomic E-state index is 12.1. The van der Waals surface area contributed by atoms with Gasteiger partial charge in [0.15, 0.2) is 0 Å². The van der Waals surface area contributed by atoms with Crippen LogP contribution in [-0.4, -0.2) is 34.6 Å². The molecule has 0 radical (unpaired) electrons. The average Bonchev–Trinajstić information content (AvgIpc) is 3.30. The summed E-state index contributed by atoms with van der Waals surface area (Å²) in [7, 11) is 0. The van der Waals surface area contributed by atoms with Gasteiger partial charge in [0.25, 0.3) is 0 Å². The van der Waals surface area contributed by atoms with E-state index in [1.165, 1.54) is 0 Å². The van der Waals surface area contributed by atoms with Crippen LogP contribution in [0, 0.1) is 0 Å². The van der Waals surface area contributed by atoms with Crippen molar-refractivity contribution in [3.05, 3.63) is 48.3 Å². The number of benzene rings is 1. The minimum Gasteiger partial charge on any atom is -0.376 e. The Labute approximate surface area is 142 Å². The number of nitrogens with zero attached hydrogens (tertiary/aromatic N) is 2. The van der Waals surface area contributed by atoms with Crippen LogP contribution in [0.1, 0.15) is 31.9 Å². The van der Waals surface area contributed by atoms with E-state index < -0.39 is 0 Å². The van der Waals surface area contributed by atoms with E-state index in [0.29, 0.717) is 6.54 Å². The van der Waals surface area contributed by atoms with Gasteiger partial charge in [-0.2, -0.15) is 5.10 Å². The van der Waals surface area contributed by atoms with Crippen LogP contribution < -0.4 is 10.6 Å². The van der Waals surface area contributed by atoms with E-state index in [0.717, 1.165) is 37.3 Å². The third kappa shape index (κ3) is 4.14. The largest absolute Gasteiger partial charge is 0.376 e. The highest BCUT2D eigenvalue weighted by atomic mass is 16.5. The van der Waals surface area contributed by atoms with Crippen molar-refractivity contribution in [3.8, 4) is 5.69 Å². The SMILES string of the molecule is CC[C@H](NC(=O)NCc1ccn(-c2ccccc2)n1)[C@@H]1CCCO1. The maximum Gasteiger partial charge on any atom is 0.315 e. The second kappa shape index (κ2) is 7.97. The molecule has 1 saturated heterocycles. The number of urea groups is 1. The van der Waals surface area contributed by atoms with Crippen LogP contribution in [0.3, 0.4) is 0 Å². The normalized spacial score (nSPS) is 18.3. The summed E-state index contributed by atoms with van der Waals surface area (Å²) < 4.78 is 7.47. The zero-order valence-corrected chi connectivity index (χ0v) is 13.9. The summed E-state index contributed by atoms with van der Waals surface area (Å²) in [6.45, 7) is 3.25. The minimum absolute atomic E-state index is 0.0642. The molecule has 0 saturated carbocycles. The first-order chi connectivity index (χ1) is 11.8. The molecule has 2 heterocycles. The summed E-state index contributed by atoms with van der Waals surface area (Å²) in [5.74, 6) is 0. The average molecular weight is 328 g/mol. The molecule has 1 aliphatic heterocycles. The number of hydrogen-bond donors (Lipinski definition) is 2. The molecule has 0 unspecified atom stereocenters. The molecule has 0 bridgehead atoms. The molecular weight excluding hydrogens is 304 g/mol. The zero-order valence-electron chi connectivity index (χ0n) is 13.9. The first-order valence-corrected chi connectivity index (χ1v) is 8.52. The Hall–Kier alpha value is -2.34. The highest BCUT2D eigenvalue weighted by Gasteiger charge is 2.25. The van der Waals surface area contributed by atoms with Crippen molar-refractivity contribution in [1.29, 1.82) is 0 Å². The predicted octanol–water partition coefficient (Wildman–Crippen LogP) is 2.63. The molecule has 2 aromatic rings. The van der Waals surface area contributed by atoms with Crippen LogP contribution in [0.5, 0.6) is 0 Å². The number of aromatic nitrogens is 2. The van der Waals surface area contributed by atoms with Gasteiger partial charge in [-0.25, -0.2) is 9.48 Å². The summed E-state index contributed by atoms with van der Waals surface area (Å²) in [5, 5.41) is 10.4. The molecular formula is C18H24N4O2. The number of ether oxygens (including phenoxy) is 1. The van der Waals surface area contributed by atoms with Crippen molar-refractivity contribution in [2.24, 2.45) is 0 Å². The third-order valence-corrected chi connectivity index (χ3v) is 4.27. The number of carbonyl (C=O) groups is 1. The van der Waals surface area contributed by atoms with Crippen molar-refractivity contribution in [2.75, 3.05) is 6.61 Å². The fourth-order valence-electron chi connectivity index (χ4n) is 2.95. The lowest BCUT2D eigenvalue weighted by Crippen LogP contribution is -2.47. The van der Waals surface area contributed by atoms with Crippen molar-refractivity contribution >= 4 is 6.03 Å². The molecule has 2 N–H and O–H groups in total. The molecule has 1 fully saturated rings. The lowest BCUT2D eigenvalue weighted by molar-refractivity contribution is 0.0796. The van der Waals surface area contributed by atoms with Gasteiger partial charge in [0.05, 0.1) is 30.1 Å². The molecule has 6 heteroatoms. The van der Waals surface area contributed by atoms with Gasteiger partial charge >= 0.3 is 6.03 Å². The summed E-state index contributed by atoms with van der Waals surface area (Å²) in [4.78, 5) is 12.1. The number of amides is 2. The smallest absolute Gasteiger partial charge is 0.315 e. The first kappa shape index (κ1) is 16.5. The fourth-order valence-corrected chi connectivity index (χ4v) is 2.95. The highest BCUT2D eigenvalue weighted by molar-refractivity contribution is 5.74. The van der Waals surface area contributed by atoms with Crippen LogP contribution in [0.15, 0.2) is 42.6 Å². The standard InChI is InChI=1S/C18H24N4O2/c1-2-16(17-9-6-12-24-17)20-18(23)19-13-14-10-11-22(21-14)15-7-4-3-5-8-15/h3-5,7-8,10-11,16-17H,2,6,9,12-13H2,1H3,(H2,19,20,23)/t16-,17-/m0/s1. The summed E-state index contributed by atoms with van der Waals surface area (Å²) in [6.07, 6.45) is 4.98. The summed E-state index contributed by atoms with van der Waals surface area (Å²) in [5.41, 5.74) is 1.82. The molecule has 2 atom stereocenters. The number of hydrogen-bond acceptors (Lipinski definition) is 3.